The van der Waals surface area contributed by atoms with Crippen LogP contribution in [0, 0.1) is 5.92 Å². The first-order valence-corrected chi connectivity index (χ1v) is 9.84. The van der Waals surface area contributed by atoms with Crippen molar-refractivity contribution in [3.8, 4) is 0 Å². The van der Waals surface area contributed by atoms with Gasteiger partial charge in [-0.15, -0.1) is 0 Å². The van der Waals surface area contributed by atoms with E-state index in [0.29, 0.717) is 24.0 Å². The lowest BCUT2D eigenvalue weighted by molar-refractivity contribution is -0.117. The Bertz CT molecular complexity index is 620. The SMILES string of the molecule is CC(C)(CO)c1cc(NC(=O)C(C)(C)S(=O)CC[C@@H]2CCOC2)on1. The molecule has 142 valence electrons. The van der Waals surface area contributed by atoms with Crippen molar-refractivity contribution >= 4 is 22.6 Å². The van der Waals surface area contributed by atoms with Gasteiger partial charge in [-0.1, -0.05) is 19.0 Å². The molecule has 1 saturated heterocycles. The van der Waals surface area contributed by atoms with Gasteiger partial charge in [0.2, 0.25) is 11.8 Å². The Labute approximate surface area is 150 Å². The van der Waals surface area contributed by atoms with Crippen molar-refractivity contribution in [2.24, 2.45) is 5.92 Å². The second-order valence-electron chi connectivity index (χ2n) is 7.65. The second-order valence-corrected chi connectivity index (χ2v) is 9.77. The normalized spacial score (nSPS) is 19.8. The molecule has 7 nitrogen and oxygen atoms in total. The number of rotatable bonds is 8. The number of anilines is 1. The molecule has 2 atom stereocenters. The van der Waals surface area contributed by atoms with Crippen LogP contribution >= 0.6 is 0 Å². The summed E-state index contributed by atoms with van der Waals surface area (Å²) in [5, 5.41) is 15.9. The van der Waals surface area contributed by atoms with Crippen LogP contribution < -0.4 is 5.32 Å². The van der Waals surface area contributed by atoms with Crippen molar-refractivity contribution in [3.05, 3.63) is 11.8 Å². The van der Waals surface area contributed by atoms with Crippen molar-refractivity contribution in [2.75, 3.05) is 30.9 Å². The Morgan fingerprint density at radius 3 is 2.76 bits per heavy atom. The Morgan fingerprint density at radius 2 is 2.16 bits per heavy atom. The predicted octanol–water partition coefficient (Wildman–Crippen LogP) is 1.84. The number of aromatic nitrogens is 1. The fourth-order valence-corrected chi connectivity index (χ4v) is 3.76. The highest BCUT2D eigenvalue weighted by Gasteiger charge is 2.36. The van der Waals surface area contributed by atoms with E-state index in [1.54, 1.807) is 19.9 Å². The number of aliphatic hydroxyl groups is 1. The van der Waals surface area contributed by atoms with Gasteiger partial charge in [0, 0.05) is 41.2 Å². The quantitative estimate of drug-likeness (QED) is 0.722. The zero-order valence-corrected chi connectivity index (χ0v) is 16.1. The molecule has 0 saturated carbocycles. The highest BCUT2D eigenvalue weighted by atomic mass is 32.2. The topological polar surface area (TPSA) is 102 Å². The van der Waals surface area contributed by atoms with E-state index in [1.807, 2.05) is 13.8 Å². The number of hydrogen-bond acceptors (Lipinski definition) is 6. The van der Waals surface area contributed by atoms with Crippen LogP contribution in [0.3, 0.4) is 0 Å². The van der Waals surface area contributed by atoms with E-state index in [9.17, 15) is 14.1 Å². The summed E-state index contributed by atoms with van der Waals surface area (Å²) in [4.78, 5) is 12.5. The van der Waals surface area contributed by atoms with Crippen molar-refractivity contribution in [1.29, 1.82) is 0 Å². The van der Waals surface area contributed by atoms with Gasteiger partial charge in [0.05, 0.1) is 12.3 Å². The van der Waals surface area contributed by atoms with Crippen LogP contribution in [0.2, 0.25) is 0 Å². The minimum Gasteiger partial charge on any atom is -0.395 e. The molecule has 2 heterocycles. The molecule has 0 aliphatic carbocycles. The highest BCUT2D eigenvalue weighted by molar-refractivity contribution is 7.87. The van der Waals surface area contributed by atoms with Gasteiger partial charge < -0.3 is 14.4 Å². The summed E-state index contributed by atoms with van der Waals surface area (Å²) >= 11 is 0. The molecule has 1 unspecified atom stereocenters. The zero-order valence-electron chi connectivity index (χ0n) is 15.3. The summed E-state index contributed by atoms with van der Waals surface area (Å²) in [6, 6.07) is 1.59. The van der Waals surface area contributed by atoms with Crippen molar-refractivity contribution in [1.82, 2.24) is 5.16 Å². The lowest BCUT2D eigenvalue weighted by atomic mass is 9.91. The van der Waals surface area contributed by atoms with Gasteiger partial charge in [0.25, 0.3) is 0 Å². The number of nitrogens with one attached hydrogen (secondary N) is 1. The fraction of sp³-hybridized carbons (Fsp3) is 0.765. The van der Waals surface area contributed by atoms with Gasteiger partial charge in [-0.05, 0) is 32.6 Å². The molecule has 0 radical (unpaired) electrons. The third-order valence-corrected chi connectivity index (χ3v) is 6.62. The molecule has 1 aromatic heterocycles. The number of nitrogens with zero attached hydrogens (tertiary/aromatic N) is 1. The molecule has 1 aliphatic heterocycles. The largest absolute Gasteiger partial charge is 0.395 e. The summed E-state index contributed by atoms with van der Waals surface area (Å²) < 4.78 is 22.0. The molecule has 0 aromatic carbocycles. The Kier molecular flexibility index (Phi) is 6.40. The minimum atomic E-state index is -1.31. The molecule has 0 bridgehead atoms. The summed E-state index contributed by atoms with van der Waals surface area (Å²) in [6.07, 6.45) is 1.78. The molecule has 0 spiro atoms. The third kappa shape index (κ3) is 4.89. The molecular formula is C17H28N2O5S. The van der Waals surface area contributed by atoms with Crippen LogP contribution in [0.5, 0.6) is 0 Å². The number of carbonyl (C=O) groups excluding carboxylic acids is 1. The van der Waals surface area contributed by atoms with Crippen LogP contribution in [0.1, 0.15) is 46.2 Å². The number of ether oxygens (including phenoxy) is 1. The predicted molar refractivity (Wildman–Crippen MR) is 95.9 cm³/mol. The lowest BCUT2D eigenvalue weighted by Crippen LogP contribution is -2.42. The molecule has 25 heavy (non-hydrogen) atoms. The van der Waals surface area contributed by atoms with Crippen molar-refractivity contribution in [3.63, 3.8) is 0 Å². The Hall–Kier alpha value is -1.25. The van der Waals surface area contributed by atoms with Gasteiger partial charge in [0.1, 0.15) is 4.75 Å². The van der Waals surface area contributed by atoms with E-state index < -0.39 is 21.0 Å². The van der Waals surface area contributed by atoms with Crippen LogP contribution in [-0.2, 0) is 25.7 Å². The number of hydrogen-bond donors (Lipinski definition) is 2. The van der Waals surface area contributed by atoms with E-state index in [0.717, 1.165) is 19.4 Å². The van der Waals surface area contributed by atoms with E-state index in [4.69, 9.17) is 9.26 Å². The first-order valence-electron chi connectivity index (χ1n) is 8.52. The van der Waals surface area contributed by atoms with E-state index >= 15 is 0 Å². The monoisotopic (exact) mass is 372 g/mol. The minimum absolute atomic E-state index is 0.0900. The average Bonchev–Trinajstić information content (AvgIpc) is 3.24. The maximum atomic E-state index is 12.6. The van der Waals surface area contributed by atoms with Gasteiger partial charge >= 0.3 is 0 Å². The van der Waals surface area contributed by atoms with Crippen LogP contribution in [0.25, 0.3) is 0 Å². The Balaban J connectivity index is 1.94. The smallest absolute Gasteiger partial charge is 0.245 e. The summed E-state index contributed by atoms with van der Waals surface area (Å²) in [6.45, 7) is 8.36. The lowest BCUT2D eigenvalue weighted by Gasteiger charge is -2.22. The van der Waals surface area contributed by atoms with E-state index in [-0.39, 0.29) is 18.4 Å². The molecule has 2 rings (SSSR count). The van der Waals surface area contributed by atoms with Gasteiger partial charge in [-0.2, -0.15) is 0 Å². The van der Waals surface area contributed by atoms with Crippen molar-refractivity contribution < 1.29 is 23.4 Å². The number of carbonyl (C=O) groups is 1. The van der Waals surface area contributed by atoms with Crippen LogP contribution in [0.4, 0.5) is 5.88 Å². The molecule has 1 amide bonds. The molecule has 1 aliphatic rings. The molecule has 1 aromatic rings. The Morgan fingerprint density at radius 1 is 1.44 bits per heavy atom. The molecular weight excluding hydrogens is 344 g/mol. The number of aliphatic hydroxyl groups excluding tert-OH is 1. The van der Waals surface area contributed by atoms with E-state index in [1.165, 1.54) is 0 Å². The molecule has 1 fully saturated rings. The summed E-state index contributed by atoms with van der Waals surface area (Å²) in [5.41, 5.74) is -0.0146. The first-order chi connectivity index (χ1) is 11.7. The second kappa shape index (κ2) is 7.97. The maximum absolute atomic E-state index is 12.6. The van der Waals surface area contributed by atoms with Gasteiger partial charge in [-0.3, -0.25) is 14.3 Å². The van der Waals surface area contributed by atoms with E-state index in [2.05, 4.69) is 10.5 Å². The fourth-order valence-electron chi connectivity index (χ4n) is 2.44. The van der Waals surface area contributed by atoms with Crippen molar-refractivity contribution in [2.45, 2.75) is 50.7 Å². The van der Waals surface area contributed by atoms with Crippen LogP contribution in [0.15, 0.2) is 10.6 Å². The summed E-state index contributed by atoms with van der Waals surface area (Å²) in [5.74, 6) is 0.711. The third-order valence-electron chi connectivity index (χ3n) is 4.69. The maximum Gasteiger partial charge on any atom is 0.245 e. The highest BCUT2D eigenvalue weighted by Crippen LogP contribution is 2.26. The van der Waals surface area contributed by atoms with Gasteiger partial charge in [-0.25, -0.2) is 0 Å². The summed E-state index contributed by atoms with van der Waals surface area (Å²) in [7, 11) is -1.31. The molecule has 2 N–H and O–H groups in total. The van der Waals surface area contributed by atoms with Crippen LogP contribution in [-0.4, -0.2) is 50.7 Å². The first kappa shape index (κ1) is 20.1. The van der Waals surface area contributed by atoms with Gasteiger partial charge in [0.15, 0.2) is 0 Å². The molecule has 8 heteroatoms. The standard InChI is InChI=1S/C17H28N2O5S/c1-16(2,11-20)13-9-14(24-19-13)18-15(21)17(3,4)25(22)8-6-12-5-7-23-10-12/h9,12,20H,5-8,10-11H2,1-4H3,(H,18,21)/t12-,25?/m0/s1. The zero-order chi connectivity index (χ0) is 18.7. The number of amides is 1. The average molecular weight is 372 g/mol.